The van der Waals surface area contributed by atoms with Crippen LogP contribution in [0.1, 0.15) is 44.6 Å². The lowest BCUT2D eigenvalue weighted by Crippen LogP contribution is -2.49. The Morgan fingerprint density at radius 3 is 2.61 bits per heavy atom. The van der Waals surface area contributed by atoms with Crippen molar-refractivity contribution < 1.29 is 19.1 Å². The third kappa shape index (κ3) is 7.63. The van der Waals surface area contributed by atoms with Gasteiger partial charge in [-0.25, -0.2) is 0 Å². The first-order valence-corrected chi connectivity index (χ1v) is 11.2. The van der Waals surface area contributed by atoms with Crippen LogP contribution in [0.3, 0.4) is 0 Å². The Morgan fingerprint density at radius 1 is 1.16 bits per heavy atom. The summed E-state index contributed by atoms with van der Waals surface area (Å²) in [6, 6.07) is 7.00. The topological polar surface area (TPSA) is 99.8 Å². The summed E-state index contributed by atoms with van der Waals surface area (Å²) in [5.41, 5.74) is 1.61. The third-order valence-electron chi connectivity index (χ3n) is 5.95. The van der Waals surface area contributed by atoms with E-state index in [0.29, 0.717) is 18.7 Å². The minimum absolute atomic E-state index is 0.0281. The molecule has 2 fully saturated rings. The van der Waals surface area contributed by atoms with Gasteiger partial charge in [0.15, 0.2) is 0 Å². The Bertz CT molecular complexity index is 758. The number of morpholine rings is 1. The number of carbonyl (C=O) groups excluding carboxylic acids is 3. The van der Waals surface area contributed by atoms with E-state index in [9.17, 15) is 14.4 Å². The molecule has 3 amide bonds. The summed E-state index contributed by atoms with van der Waals surface area (Å²) in [5, 5.41) is 8.70. The minimum atomic E-state index is -0.483. The Labute approximate surface area is 184 Å². The van der Waals surface area contributed by atoms with E-state index >= 15 is 0 Å². The lowest BCUT2D eigenvalue weighted by Gasteiger charge is -2.26. The van der Waals surface area contributed by atoms with Crippen molar-refractivity contribution in [3.8, 4) is 0 Å². The van der Waals surface area contributed by atoms with Gasteiger partial charge in [0.2, 0.25) is 17.7 Å². The number of amides is 3. The van der Waals surface area contributed by atoms with Crippen molar-refractivity contribution in [2.45, 2.75) is 51.6 Å². The van der Waals surface area contributed by atoms with Gasteiger partial charge in [0, 0.05) is 45.2 Å². The van der Waals surface area contributed by atoms with E-state index in [1.54, 1.807) is 0 Å². The second-order valence-electron chi connectivity index (χ2n) is 8.39. The van der Waals surface area contributed by atoms with Crippen LogP contribution in [0.4, 0.5) is 5.69 Å². The average Bonchev–Trinajstić information content (AvgIpc) is 3.30. The zero-order valence-electron chi connectivity index (χ0n) is 18.3. The van der Waals surface area contributed by atoms with Crippen molar-refractivity contribution in [2.24, 2.45) is 5.92 Å². The normalized spacial score (nSPS) is 18.4. The largest absolute Gasteiger partial charge is 0.379 e. The fourth-order valence-electron chi connectivity index (χ4n) is 4.27. The van der Waals surface area contributed by atoms with Gasteiger partial charge >= 0.3 is 0 Å². The Balaban J connectivity index is 1.48. The molecular weight excluding hydrogens is 396 g/mol. The minimum Gasteiger partial charge on any atom is -0.379 e. The summed E-state index contributed by atoms with van der Waals surface area (Å²) in [7, 11) is 0. The summed E-state index contributed by atoms with van der Waals surface area (Å²) >= 11 is 0. The van der Waals surface area contributed by atoms with Crippen LogP contribution in [0.5, 0.6) is 0 Å². The summed E-state index contributed by atoms with van der Waals surface area (Å²) in [5.74, 6) is -0.170. The average molecular weight is 431 g/mol. The van der Waals surface area contributed by atoms with E-state index in [4.69, 9.17) is 4.74 Å². The summed E-state index contributed by atoms with van der Waals surface area (Å²) in [6.45, 7) is 5.68. The summed E-state index contributed by atoms with van der Waals surface area (Å²) in [4.78, 5) is 38.8. The van der Waals surface area contributed by atoms with Gasteiger partial charge in [0.25, 0.3) is 0 Å². The van der Waals surface area contributed by atoms with Crippen LogP contribution >= 0.6 is 0 Å². The van der Waals surface area contributed by atoms with Gasteiger partial charge in [0.1, 0.15) is 6.04 Å². The summed E-state index contributed by atoms with van der Waals surface area (Å²) in [6.07, 6.45) is 4.55. The molecule has 1 saturated heterocycles. The summed E-state index contributed by atoms with van der Waals surface area (Å²) < 4.78 is 5.32. The van der Waals surface area contributed by atoms with Crippen LogP contribution in [0.25, 0.3) is 0 Å². The van der Waals surface area contributed by atoms with Crippen LogP contribution in [-0.2, 0) is 25.7 Å². The number of nitrogens with one attached hydrogen (secondary N) is 3. The molecule has 1 aliphatic heterocycles. The Morgan fingerprint density at radius 2 is 1.90 bits per heavy atom. The molecule has 1 heterocycles. The molecule has 0 radical (unpaired) electrons. The van der Waals surface area contributed by atoms with Crippen molar-refractivity contribution in [1.29, 1.82) is 0 Å². The molecule has 1 atom stereocenters. The Hall–Kier alpha value is -2.45. The first-order chi connectivity index (χ1) is 15.0. The predicted molar refractivity (Wildman–Crippen MR) is 118 cm³/mol. The van der Waals surface area contributed by atoms with E-state index < -0.39 is 6.04 Å². The fourth-order valence-corrected chi connectivity index (χ4v) is 4.27. The highest BCUT2D eigenvalue weighted by molar-refractivity contribution is 5.91. The molecule has 2 aliphatic rings. The van der Waals surface area contributed by atoms with Crippen molar-refractivity contribution in [3.63, 3.8) is 0 Å². The van der Waals surface area contributed by atoms with Gasteiger partial charge in [-0.2, -0.15) is 0 Å². The highest BCUT2D eigenvalue weighted by Gasteiger charge is 2.31. The van der Waals surface area contributed by atoms with Crippen LogP contribution in [-0.4, -0.2) is 61.5 Å². The molecule has 1 aromatic rings. The van der Waals surface area contributed by atoms with Crippen LogP contribution in [0.15, 0.2) is 24.3 Å². The van der Waals surface area contributed by atoms with Gasteiger partial charge < -0.3 is 20.7 Å². The van der Waals surface area contributed by atoms with Crippen molar-refractivity contribution in [1.82, 2.24) is 15.5 Å². The number of rotatable bonds is 9. The standard InChI is InChI=1S/C23H34N4O4/c1-17(28)25-22(19-6-2-3-7-19)23(30)24-16-18-5-4-8-20(15-18)26-21(29)9-10-27-11-13-31-14-12-27/h4-5,8,15,19,22H,2-3,6-7,9-14,16H2,1H3,(H,24,30)(H,25,28)(H,26,29). The molecule has 3 rings (SSSR count). The molecule has 3 N–H and O–H groups in total. The second-order valence-corrected chi connectivity index (χ2v) is 8.39. The number of ether oxygens (including phenoxy) is 1. The highest BCUT2D eigenvalue weighted by Crippen LogP contribution is 2.28. The molecule has 1 aliphatic carbocycles. The molecule has 8 heteroatoms. The zero-order chi connectivity index (χ0) is 22.1. The van der Waals surface area contributed by atoms with Gasteiger partial charge in [-0.15, -0.1) is 0 Å². The SMILES string of the molecule is CC(=O)NC(C(=O)NCc1cccc(NC(=O)CCN2CCOCC2)c1)C1CCCC1. The van der Waals surface area contributed by atoms with E-state index in [1.165, 1.54) is 6.92 Å². The molecule has 170 valence electrons. The van der Waals surface area contributed by atoms with Crippen LogP contribution in [0, 0.1) is 5.92 Å². The van der Waals surface area contributed by atoms with E-state index in [-0.39, 0.29) is 23.6 Å². The van der Waals surface area contributed by atoms with Gasteiger partial charge in [0.05, 0.1) is 13.2 Å². The number of anilines is 1. The maximum atomic E-state index is 12.7. The first-order valence-electron chi connectivity index (χ1n) is 11.2. The monoisotopic (exact) mass is 430 g/mol. The van der Waals surface area contributed by atoms with Crippen molar-refractivity contribution in [2.75, 3.05) is 38.2 Å². The molecule has 0 aromatic heterocycles. The van der Waals surface area contributed by atoms with E-state index in [0.717, 1.165) is 64.1 Å². The van der Waals surface area contributed by atoms with Gasteiger partial charge in [-0.1, -0.05) is 25.0 Å². The first kappa shape index (κ1) is 23.2. The van der Waals surface area contributed by atoms with Crippen LogP contribution < -0.4 is 16.0 Å². The Kier molecular flexibility index (Phi) is 8.85. The fraction of sp³-hybridized carbons (Fsp3) is 0.609. The number of hydrogen-bond acceptors (Lipinski definition) is 5. The quantitative estimate of drug-likeness (QED) is 0.553. The molecule has 1 unspecified atom stereocenters. The highest BCUT2D eigenvalue weighted by atomic mass is 16.5. The van der Waals surface area contributed by atoms with Gasteiger partial charge in [-0.3, -0.25) is 19.3 Å². The number of hydrogen-bond donors (Lipinski definition) is 3. The molecule has 0 spiro atoms. The van der Waals surface area contributed by atoms with Crippen molar-refractivity contribution in [3.05, 3.63) is 29.8 Å². The molecule has 1 saturated carbocycles. The third-order valence-corrected chi connectivity index (χ3v) is 5.95. The number of benzene rings is 1. The van der Waals surface area contributed by atoms with Crippen LogP contribution in [0.2, 0.25) is 0 Å². The predicted octanol–water partition coefficient (Wildman–Crippen LogP) is 1.66. The maximum absolute atomic E-state index is 12.7. The van der Waals surface area contributed by atoms with E-state index in [1.807, 2.05) is 24.3 Å². The lowest BCUT2D eigenvalue weighted by molar-refractivity contribution is -0.129. The smallest absolute Gasteiger partial charge is 0.243 e. The van der Waals surface area contributed by atoms with Gasteiger partial charge in [-0.05, 0) is 36.5 Å². The van der Waals surface area contributed by atoms with Crippen molar-refractivity contribution >= 4 is 23.4 Å². The molecule has 8 nitrogen and oxygen atoms in total. The molecular formula is C23H34N4O4. The molecule has 1 aromatic carbocycles. The lowest BCUT2D eigenvalue weighted by atomic mass is 9.97. The number of carbonyl (C=O) groups is 3. The molecule has 31 heavy (non-hydrogen) atoms. The van der Waals surface area contributed by atoms with E-state index in [2.05, 4.69) is 20.9 Å². The molecule has 0 bridgehead atoms. The maximum Gasteiger partial charge on any atom is 0.243 e. The zero-order valence-corrected chi connectivity index (χ0v) is 18.3. The second kappa shape index (κ2) is 11.8. The number of nitrogens with zero attached hydrogens (tertiary/aromatic N) is 1.